The van der Waals surface area contributed by atoms with Gasteiger partial charge in [-0.1, -0.05) is 23.4 Å². The Morgan fingerprint density at radius 3 is 2.61 bits per heavy atom. The zero-order chi connectivity index (χ0) is 21.5. The zero-order valence-corrected chi connectivity index (χ0v) is 17.1. The highest BCUT2D eigenvalue weighted by atomic mass is 16.4. The molecule has 0 spiro atoms. The molecule has 3 aromatic rings. The zero-order valence-electron chi connectivity index (χ0n) is 17.1. The SMILES string of the molecule is O=C(O)Cc1c2n(c3ccccc13)CC(n1nncc1C1CCN(C(=O)O)CC1)CC2. The van der Waals surface area contributed by atoms with E-state index >= 15 is 0 Å². The molecule has 2 N–H and O–H groups in total. The smallest absolute Gasteiger partial charge is 0.407 e. The van der Waals surface area contributed by atoms with E-state index in [4.69, 9.17) is 0 Å². The Morgan fingerprint density at radius 2 is 1.87 bits per heavy atom. The van der Waals surface area contributed by atoms with Gasteiger partial charge in [0.15, 0.2) is 0 Å². The minimum atomic E-state index is -0.860. The van der Waals surface area contributed by atoms with Crippen LogP contribution in [0.15, 0.2) is 30.5 Å². The van der Waals surface area contributed by atoms with Crippen molar-refractivity contribution in [2.24, 2.45) is 0 Å². The first kappa shape index (κ1) is 19.6. The van der Waals surface area contributed by atoms with Crippen molar-refractivity contribution in [3.8, 4) is 0 Å². The lowest BCUT2D eigenvalue weighted by molar-refractivity contribution is -0.136. The molecule has 5 rings (SSSR count). The van der Waals surface area contributed by atoms with Crippen LogP contribution in [0.25, 0.3) is 10.9 Å². The third-order valence-electron chi connectivity index (χ3n) is 6.76. The van der Waals surface area contributed by atoms with Crippen molar-refractivity contribution in [3.05, 3.63) is 47.4 Å². The standard InChI is InChI=1S/C22H25N5O4/c28-21(29)11-17-16-3-1-2-4-18(16)26-13-15(5-6-19(17)26)27-20(12-23-24-27)14-7-9-25(10-8-14)22(30)31/h1-4,12,14-15H,5-11,13H2,(H,28,29)(H,30,31). The highest BCUT2D eigenvalue weighted by molar-refractivity contribution is 5.89. The summed E-state index contributed by atoms with van der Waals surface area (Å²) in [4.78, 5) is 24.1. The number of aliphatic carboxylic acids is 1. The normalized spacial score (nSPS) is 19.5. The summed E-state index contributed by atoms with van der Waals surface area (Å²) in [6, 6.07) is 8.13. The van der Waals surface area contributed by atoms with E-state index in [2.05, 4.69) is 20.9 Å². The Bertz CT molecular complexity index is 1140. The fraction of sp³-hybridized carbons (Fsp3) is 0.455. The van der Waals surface area contributed by atoms with Crippen LogP contribution >= 0.6 is 0 Å². The van der Waals surface area contributed by atoms with E-state index in [-0.39, 0.29) is 18.4 Å². The van der Waals surface area contributed by atoms with Gasteiger partial charge in [0.25, 0.3) is 0 Å². The minimum absolute atomic E-state index is 0.0320. The number of nitrogens with zero attached hydrogens (tertiary/aromatic N) is 5. The Hall–Kier alpha value is -3.36. The maximum atomic E-state index is 11.5. The van der Waals surface area contributed by atoms with Crippen LogP contribution in [0.4, 0.5) is 4.79 Å². The number of amides is 1. The van der Waals surface area contributed by atoms with Crippen molar-refractivity contribution in [1.82, 2.24) is 24.5 Å². The number of carboxylic acids is 1. The van der Waals surface area contributed by atoms with Gasteiger partial charge >= 0.3 is 12.1 Å². The lowest BCUT2D eigenvalue weighted by Crippen LogP contribution is -2.37. The minimum Gasteiger partial charge on any atom is -0.481 e. The van der Waals surface area contributed by atoms with Gasteiger partial charge in [0.05, 0.1) is 24.4 Å². The molecule has 0 radical (unpaired) electrons. The molecule has 0 saturated carbocycles. The van der Waals surface area contributed by atoms with E-state index in [0.29, 0.717) is 13.1 Å². The van der Waals surface area contributed by atoms with Crippen molar-refractivity contribution in [2.75, 3.05) is 13.1 Å². The van der Waals surface area contributed by atoms with Gasteiger partial charge in [-0.2, -0.15) is 0 Å². The molecule has 1 fully saturated rings. The van der Waals surface area contributed by atoms with E-state index in [1.165, 1.54) is 4.90 Å². The van der Waals surface area contributed by atoms with E-state index in [9.17, 15) is 19.8 Å². The van der Waals surface area contributed by atoms with Crippen molar-refractivity contribution in [1.29, 1.82) is 0 Å². The molecule has 9 heteroatoms. The number of likely N-dealkylation sites (tertiary alicyclic amines) is 1. The summed E-state index contributed by atoms with van der Waals surface area (Å²) in [6.45, 7) is 1.78. The van der Waals surface area contributed by atoms with Gasteiger partial charge in [-0.15, -0.1) is 5.10 Å². The number of hydrogen-bond acceptors (Lipinski definition) is 4. The lowest BCUT2D eigenvalue weighted by atomic mass is 9.93. The molecular weight excluding hydrogens is 398 g/mol. The Balaban J connectivity index is 1.43. The highest BCUT2D eigenvalue weighted by Gasteiger charge is 2.31. The van der Waals surface area contributed by atoms with Crippen LogP contribution in [-0.2, 0) is 24.2 Å². The molecule has 1 atom stereocenters. The van der Waals surface area contributed by atoms with Crippen molar-refractivity contribution >= 4 is 23.0 Å². The monoisotopic (exact) mass is 423 g/mol. The largest absolute Gasteiger partial charge is 0.481 e. The predicted octanol–water partition coefficient (Wildman–Crippen LogP) is 2.90. The summed E-state index contributed by atoms with van der Waals surface area (Å²) < 4.78 is 4.27. The molecule has 4 heterocycles. The molecule has 0 bridgehead atoms. The third-order valence-corrected chi connectivity index (χ3v) is 6.76. The number of fused-ring (bicyclic) bond motifs is 3. The number of carboxylic acid groups (broad SMARTS) is 2. The lowest BCUT2D eigenvalue weighted by Gasteiger charge is -2.32. The Morgan fingerprint density at radius 1 is 1.10 bits per heavy atom. The van der Waals surface area contributed by atoms with Crippen molar-refractivity contribution < 1.29 is 19.8 Å². The van der Waals surface area contributed by atoms with Gasteiger partial charge in [0.2, 0.25) is 0 Å². The van der Waals surface area contributed by atoms with Crippen molar-refractivity contribution in [2.45, 2.75) is 50.6 Å². The molecule has 31 heavy (non-hydrogen) atoms. The van der Waals surface area contributed by atoms with E-state index in [1.807, 2.05) is 29.1 Å². The third kappa shape index (κ3) is 3.43. The molecule has 1 aromatic carbocycles. The van der Waals surface area contributed by atoms with Crippen LogP contribution in [0.3, 0.4) is 0 Å². The average Bonchev–Trinajstić information content (AvgIpc) is 3.37. The van der Waals surface area contributed by atoms with Crippen LogP contribution in [0, 0.1) is 0 Å². The molecule has 2 aliphatic heterocycles. The number of rotatable bonds is 4. The summed E-state index contributed by atoms with van der Waals surface area (Å²) >= 11 is 0. The molecule has 1 unspecified atom stereocenters. The molecule has 2 aromatic heterocycles. The Kier molecular flexibility index (Phi) is 4.88. The molecule has 2 aliphatic rings. The van der Waals surface area contributed by atoms with Gasteiger partial charge in [-0.25, -0.2) is 9.48 Å². The maximum Gasteiger partial charge on any atom is 0.407 e. The number of hydrogen-bond donors (Lipinski definition) is 2. The number of carbonyl (C=O) groups is 2. The molecule has 0 aliphatic carbocycles. The molecule has 1 amide bonds. The van der Waals surface area contributed by atoms with Crippen LogP contribution in [-0.4, -0.2) is 59.8 Å². The quantitative estimate of drug-likeness (QED) is 0.667. The number of piperidine rings is 1. The Labute approximate surface area is 178 Å². The average molecular weight is 423 g/mol. The summed E-state index contributed by atoms with van der Waals surface area (Å²) in [5.74, 6) is -0.566. The molecule has 162 valence electrons. The van der Waals surface area contributed by atoms with Crippen LogP contribution in [0.1, 0.15) is 48.2 Å². The number of benzene rings is 1. The highest BCUT2D eigenvalue weighted by Crippen LogP contribution is 2.36. The summed E-state index contributed by atoms with van der Waals surface area (Å²) in [5.41, 5.74) is 4.16. The van der Waals surface area contributed by atoms with Gasteiger partial charge in [0.1, 0.15) is 0 Å². The van der Waals surface area contributed by atoms with Gasteiger partial charge in [0, 0.05) is 42.1 Å². The summed E-state index contributed by atoms with van der Waals surface area (Å²) in [7, 11) is 0. The van der Waals surface area contributed by atoms with Crippen LogP contribution in [0.2, 0.25) is 0 Å². The van der Waals surface area contributed by atoms with Gasteiger partial charge < -0.3 is 19.7 Å². The second-order valence-corrected chi connectivity index (χ2v) is 8.46. The molecule has 9 nitrogen and oxygen atoms in total. The molecular formula is C22H25N5O4. The second kappa shape index (κ2) is 7.72. The second-order valence-electron chi connectivity index (χ2n) is 8.46. The van der Waals surface area contributed by atoms with Crippen molar-refractivity contribution in [3.63, 3.8) is 0 Å². The maximum absolute atomic E-state index is 11.5. The van der Waals surface area contributed by atoms with E-state index in [1.54, 1.807) is 0 Å². The first-order chi connectivity index (χ1) is 15.0. The van der Waals surface area contributed by atoms with E-state index < -0.39 is 12.1 Å². The van der Waals surface area contributed by atoms with E-state index in [0.717, 1.165) is 60.1 Å². The topological polar surface area (TPSA) is 113 Å². The summed E-state index contributed by atoms with van der Waals surface area (Å²) in [5, 5.41) is 28.2. The predicted molar refractivity (Wildman–Crippen MR) is 112 cm³/mol. The van der Waals surface area contributed by atoms with Gasteiger partial charge in [-0.3, -0.25) is 4.79 Å². The fourth-order valence-corrected chi connectivity index (χ4v) is 5.27. The van der Waals surface area contributed by atoms with Gasteiger partial charge in [-0.05, 0) is 37.3 Å². The van der Waals surface area contributed by atoms with Crippen LogP contribution in [0.5, 0.6) is 0 Å². The fourth-order valence-electron chi connectivity index (χ4n) is 5.27. The number of para-hydroxylation sites is 1. The first-order valence-corrected chi connectivity index (χ1v) is 10.7. The number of aromatic nitrogens is 4. The first-order valence-electron chi connectivity index (χ1n) is 10.7. The molecule has 1 saturated heterocycles. The van der Waals surface area contributed by atoms with Crippen LogP contribution < -0.4 is 0 Å². The summed E-state index contributed by atoms with van der Waals surface area (Å²) in [6.07, 6.45) is 4.19.